The van der Waals surface area contributed by atoms with Crippen LogP contribution in [0.5, 0.6) is 5.75 Å². The molecule has 0 saturated heterocycles. The van der Waals surface area contributed by atoms with Crippen molar-refractivity contribution in [1.82, 2.24) is 9.55 Å². The van der Waals surface area contributed by atoms with Crippen LogP contribution < -0.4 is 4.74 Å². The first kappa shape index (κ1) is 21.5. The van der Waals surface area contributed by atoms with E-state index in [0.29, 0.717) is 5.25 Å². The third kappa shape index (κ3) is 6.67. The fourth-order valence-corrected chi connectivity index (χ4v) is 4.70. The van der Waals surface area contributed by atoms with Crippen LogP contribution in [-0.2, 0) is 13.0 Å². The first-order valence-electron chi connectivity index (χ1n) is 10.3. The van der Waals surface area contributed by atoms with Crippen LogP contribution in [0.15, 0.2) is 66.1 Å². The average Bonchev–Trinajstić information content (AvgIpc) is 3.15. The van der Waals surface area contributed by atoms with Gasteiger partial charge in [0.15, 0.2) is 0 Å². The molecule has 0 saturated carbocycles. The Hall–Kier alpha value is -2.20. The highest BCUT2D eigenvalue weighted by Gasteiger charge is 2.15. The Morgan fingerprint density at radius 1 is 1.03 bits per heavy atom. The van der Waals surface area contributed by atoms with Crippen molar-refractivity contribution in [2.45, 2.75) is 69.8 Å². The molecular weight excluding hydrogens is 376 g/mol. The molecule has 0 aliphatic carbocycles. The van der Waals surface area contributed by atoms with Gasteiger partial charge in [-0.1, -0.05) is 30.3 Å². The minimum atomic E-state index is -0.167. The molecule has 29 heavy (non-hydrogen) atoms. The number of hydrogen-bond acceptors (Lipinski definition) is 3. The van der Waals surface area contributed by atoms with Gasteiger partial charge in [0.05, 0.1) is 6.33 Å². The summed E-state index contributed by atoms with van der Waals surface area (Å²) in [7, 11) is 0. The monoisotopic (exact) mass is 408 g/mol. The molecule has 3 rings (SSSR count). The third-order valence-corrected chi connectivity index (χ3v) is 6.37. The van der Waals surface area contributed by atoms with Crippen LogP contribution in [0.25, 0.3) is 0 Å². The van der Waals surface area contributed by atoms with E-state index in [-0.39, 0.29) is 5.60 Å². The molecule has 0 radical (unpaired) electrons. The highest BCUT2D eigenvalue weighted by Crippen LogP contribution is 2.33. The van der Waals surface area contributed by atoms with Crippen molar-refractivity contribution in [1.29, 1.82) is 0 Å². The lowest BCUT2D eigenvalue weighted by Gasteiger charge is -2.22. The minimum Gasteiger partial charge on any atom is -0.488 e. The number of imidazole rings is 1. The molecule has 2 aromatic carbocycles. The van der Waals surface area contributed by atoms with E-state index in [0.717, 1.165) is 25.1 Å². The van der Waals surface area contributed by atoms with Crippen LogP contribution in [0.4, 0.5) is 0 Å². The molecule has 3 aromatic rings. The SMILES string of the molecule is Cc1cccc(C)c1SC(CCc1ccc(OC(C)(C)C)cc1)Cn1ccnc1. The fraction of sp³-hybridized carbons (Fsp3) is 0.400. The quantitative estimate of drug-likeness (QED) is 0.400. The van der Waals surface area contributed by atoms with Crippen molar-refractivity contribution in [3.05, 3.63) is 77.9 Å². The smallest absolute Gasteiger partial charge is 0.120 e. The number of benzene rings is 2. The third-order valence-electron chi connectivity index (χ3n) is 4.77. The van der Waals surface area contributed by atoms with E-state index in [1.54, 1.807) is 0 Å². The zero-order valence-electron chi connectivity index (χ0n) is 18.2. The first-order chi connectivity index (χ1) is 13.8. The number of aromatic nitrogens is 2. The van der Waals surface area contributed by atoms with Crippen molar-refractivity contribution in [3.8, 4) is 5.75 Å². The van der Waals surface area contributed by atoms with Crippen LogP contribution in [-0.4, -0.2) is 20.4 Å². The Balaban J connectivity index is 1.68. The molecule has 1 atom stereocenters. The normalized spacial score (nSPS) is 12.7. The zero-order valence-corrected chi connectivity index (χ0v) is 19.0. The van der Waals surface area contributed by atoms with Gasteiger partial charge in [-0.25, -0.2) is 4.98 Å². The first-order valence-corrected chi connectivity index (χ1v) is 11.1. The van der Waals surface area contributed by atoms with Crippen LogP contribution in [0.2, 0.25) is 0 Å². The Morgan fingerprint density at radius 3 is 2.31 bits per heavy atom. The van der Waals surface area contributed by atoms with Crippen molar-refractivity contribution in [2.24, 2.45) is 0 Å². The van der Waals surface area contributed by atoms with Gasteiger partial charge < -0.3 is 9.30 Å². The van der Waals surface area contributed by atoms with Crippen molar-refractivity contribution < 1.29 is 4.74 Å². The Morgan fingerprint density at radius 2 is 1.72 bits per heavy atom. The molecule has 0 spiro atoms. The zero-order chi connectivity index (χ0) is 20.9. The van der Waals surface area contributed by atoms with Crippen LogP contribution in [0.3, 0.4) is 0 Å². The second kappa shape index (κ2) is 9.53. The van der Waals surface area contributed by atoms with E-state index in [1.807, 2.05) is 24.3 Å². The van der Waals surface area contributed by atoms with E-state index in [2.05, 4.69) is 92.8 Å². The molecule has 1 aromatic heterocycles. The maximum Gasteiger partial charge on any atom is 0.120 e. The van der Waals surface area contributed by atoms with E-state index >= 15 is 0 Å². The van der Waals surface area contributed by atoms with Gasteiger partial charge in [0.25, 0.3) is 0 Å². The molecule has 1 unspecified atom stereocenters. The standard InChI is InChI=1S/C25H32N2OS/c1-19-7-6-8-20(2)24(19)29-23(17-27-16-15-26-18-27)14-11-21-9-12-22(13-10-21)28-25(3,4)5/h6-10,12-13,15-16,18,23H,11,14,17H2,1-5H3. The van der Waals surface area contributed by atoms with Gasteiger partial charge in [0, 0.05) is 29.1 Å². The summed E-state index contributed by atoms with van der Waals surface area (Å²) in [6.07, 6.45) is 7.98. The maximum absolute atomic E-state index is 5.94. The number of rotatable bonds is 8. The maximum atomic E-state index is 5.94. The van der Waals surface area contributed by atoms with Gasteiger partial charge in [-0.15, -0.1) is 11.8 Å². The fourth-order valence-electron chi connectivity index (χ4n) is 3.37. The average molecular weight is 409 g/mol. The molecule has 3 nitrogen and oxygen atoms in total. The van der Waals surface area contributed by atoms with Gasteiger partial charge >= 0.3 is 0 Å². The highest BCUT2D eigenvalue weighted by atomic mass is 32.2. The van der Waals surface area contributed by atoms with Crippen LogP contribution >= 0.6 is 11.8 Å². The van der Waals surface area contributed by atoms with Gasteiger partial charge in [-0.2, -0.15) is 0 Å². The molecule has 0 aliphatic heterocycles. The molecule has 0 bridgehead atoms. The topological polar surface area (TPSA) is 27.1 Å². The number of thioether (sulfide) groups is 1. The lowest BCUT2D eigenvalue weighted by atomic mass is 10.1. The Kier molecular flexibility index (Phi) is 7.07. The Bertz CT molecular complexity index is 875. The van der Waals surface area contributed by atoms with Crippen molar-refractivity contribution >= 4 is 11.8 Å². The lowest BCUT2D eigenvalue weighted by molar-refractivity contribution is 0.131. The molecule has 1 heterocycles. The summed E-state index contributed by atoms with van der Waals surface area (Å²) in [6.45, 7) is 11.6. The van der Waals surface area contributed by atoms with Gasteiger partial charge in [-0.3, -0.25) is 0 Å². The summed E-state index contributed by atoms with van der Waals surface area (Å²) < 4.78 is 8.13. The predicted molar refractivity (Wildman–Crippen MR) is 123 cm³/mol. The molecule has 4 heteroatoms. The largest absolute Gasteiger partial charge is 0.488 e. The molecule has 0 amide bonds. The van der Waals surface area contributed by atoms with E-state index in [1.165, 1.54) is 21.6 Å². The lowest BCUT2D eigenvalue weighted by Crippen LogP contribution is -2.22. The number of hydrogen-bond donors (Lipinski definition) is 0. The summed E-state index contributed by atoms with van der Waals surface area (Å²) >= 11 is 2.00. The van der Waals surface area contributed by atoms with Gasteiger partial charge in [0.2, 0.25) is 0 Å². The summed E-state index contributed by atoms with van der Waals surface area (Å²) in [5, 5.41) is 0.481. The van der Waals surface area contributed by atoms with E-state index < -0.39 is 0 Å². The van der Waals surface area contributed by atoms with E-state index in [4.69, 9.17) is 4.74 Å². The van der Waals surface area contributed by atoms with Crippen LogP contribution in [0, 0.1) is 13.8 Å². The molecule has 0 N–H and O–H groups in total. The van der Waals surface area contributed by atoms with Crippen molar-refractivity contribution in [2.75, 3.05) is 0 Å². The molecule has 0 aliphatic rings. The van der Waals surface area contributed by atoms with Gasteiger partial charge in [-0.05, 0) is 76.3 Å². The number of aryl methyl sites for hydroxylation is 3. The molecular formula is C25H32N2OS. The molecule has 0 fully saturated rings. The summed E-state index contributed by atoms with van der Waals surface area (Å²) in [5.74, 6) is 0.932. The van der Waals surface area contributed by atoms with Gasteiger partial charge in [0.1, 0.15) is 11.4 Å². The van der Waals surface area contributed by atoms with E-state index in [9.17, 15) is 0 Å². The van der Waals surface area contributed by atoms with Crippen molar-refractivity contribution in [3.63, 3.8) is 0 Å². The molecule has 154 valence electrons. The second-order valence-corrected chi connectivity index (χ2v) is 9.93. The second-order valence-electron chi connectivity index (χ2n) is 8.62. The summed E-state index contributed by atoms with van der Waals surface area (Å²) in [4.78, 5) is 5.62. The summed E-state index contributed by atoms with van der Waals surface area (Å²) in [5.41, 5.74) is 3.90. The summed E-state index contributed by atoms with van der Waals surface area (Å²) in [6, 6.07) is 15.1. The number of ether oxygens (including phenoxy) is 1. The predicted octanol–water partition coefficient (Wildman–Crippen LogP) is 6.47. The van der Waals surface area contributed by atoms with Crippen LogP contribution in [0.1, 0.15) is 43.9 Å². The minimum absolute atomic E-state index is 0.167. The highest BCUT2D eigenvalue weighted by molar-refractivity contribution is 8.00. The Labute approximate surface area is 179 Å². The number of nitrogens with zero attached hydrogens (tertiary/aromatic N) is 2.